The molecule has 19 heavy (non-hydrogen) atoms. The van der Waals surface area contributed by atoms with Crippen LogP contribution in [0.5, 0.6) is 0 Å². The number of hydrogen-bond donors (Lipinski definition) is 1. The van der Waals surface area contributed by atoms with Crippen LogP contribution in [0.1, 0.15) is 36.7 Å². The summed E-state index contributed by atoms with van der Waals surface area (Å²) in [6, 6.07) is 0. The molecule has 1 fully saturated rings. The van der Waals surface area contributed by atoms with Gasteiger partial charge in [-0.15, -0.1) is 0 Å². The Bertz CT molecular complexity index is 455. The lowest BCUT2D eigenvalue weighted by atomic mass is 9.99. The molecule has 2 aliphatic rings. The largest absolute Gasteiger partial charge is 0.378 e. The van der Waals surface area contributed by atoms with Gasteiger partial charge in [0.15, 0.2) is 0 Å². The molecule has 0 bridgehead atoms. The first-order valence-corrected chi connectivity index (χ1v) is 7.19. The van der Waals surface area contributed by atoms with E-state index < -0.39 is 0 Å². The molecule has 0 amide bonds. The van der Waals surface area contributed by atoms with Crippen LogP contribution in [0.25, 0.3) is 0 Å². The maximum absolute atomic E-state index is 5.40. The molecule has 0 unspecified atom stereocenters. The molecule has 1 aromatic rings. The monoisotopic (exact) mass is 262 g/mol. The Morgan fingerprint density at radius 3 is 2.74 bits per heavy atom. The van der Waals surface area contributed by atoms with Crippen LogP contribution in [0.4, 0.5) is 5.95 Å². The first-order chi connectivity index (χ1) is 9.25. The van der Waals surface area contributed by atoms with Gasteiger partial charge in [-0.2, -0.15) is 0 Å². The van der Waals surface area contributed by atoms with Crippen LogP contribution in [0, 0.1) is 0 Å². The fourth-order valence-corrected chi connectivity index (χ4v) is 2.74. The van der Waals surface area contributed by atoms with Crippen LogP contribution in [0.2, 0.25) is 0 Å². The molecule has 2 aliphatic heterocycles. The van der Waals surface area contributed by atoms with Crippen molar-refractivity contribution in [2.24, 2.45) is 0 Å². The molecular formula is C14H22N4O. The quantitative estimate of drug-likeness (QED) is 0.864. The van der Waals surface area contributed by atoms with Crippen LogP contribution in [0.15, 0.2) is 0 Å². The summed E-state index contributed by atoms with van der Waals surface area (Å²) >= 11 is 0. The fourth-order valence-electron chi connectivity index (χ4n) is 2.74. The van der Waals surface area contributed by atoms with Crippen LogP contribution in [-0.2, 0) is 17.7 Å². The van der Waals surface area contributed by atoms with Crippen molar-refractivity contribution in [3.63, 3.8) is 0 Å². The Morgan fingerprint density at radius 1 is 1.21 bits per heavy atom. The summed E-state index contributed by atoms with van der Waals surface area (Å²) in [5.74, 6) is 1.34. The maximum atomic E-state index is 5.40. The number of anilines is 1. The number of fused-ring (bicyclic) bond motifs is 1. The second-order valence-corrected chi connectivity index (χ2v) is 5.51. The van der Waals surface area contributed by atoms with Gasteiger partial charge in [0.05, 0.1) is 24.6 Å². The zero-order valence-electron chi connectivity index (χ0n) is 11.8. The number of morpholine rings is 1. The zero-order valence-corrected chi connectivity index (χ0v) is 11.8. The predicted molar refractivity (Wildman–Crippen MR) is 74.6 cm³/mol. The van der Waals surface area contributed by atoms with Crippen molar-refractivity contribution >= 4 is 5.95 Å². The van der Waals surface area contributed by atoms with Crippen LogP contribution >= 0.6 is 0 Å². The van der Waals surface area contributed by atoms with E-state index in [4.69, 9.17) is 14.7 Å². The highest BCUT2D eigenvalue weighted by Gasteiger charge is 2.22. The minimum Gasteiger partial charge on any atom is -0.378 e. The molecule has 0 atom stereocenters. The maximum Gasteiger partial charge on any atom is 0.225 e. The number of rotatable bonds is 2. The molecule has 3 rings (SSSR count). The summed E-state index contributed by atoms with van der Waals surface area (Å²) in [4.78, 5) is 11.9. The van der Waals surface area contributed by atoms with Gasteiger partial charge in [0.25, 0.3) is 0 Å². The molecule has 0 radical (unpaired) electrons. The zero-order chi connectivity index (χ0) is 13.2. The van der Waals surface area contributed by atoms with Gasteiger partial charge in [-0.1, -0.05) is 13.8 Å². The van der Waals surface area contributed by atoms with Crippen LogP contribution in [-0.4, -0.2) is 42.8 Å². The van der Waals surface area contributed by atoms with E-state index >= 15 is 0 Å². The summed E-state index contributed by atoms with van der Waals surface area (Å²) in [7, 11) is 0. The highest BCUT2D eigenvalue weighted by atomic mass is 16.5. The number of ether oxygens (including phenoxy) is 1. The van der Waals surface area contributed by atoms with Gasteiger partial charge >= 0.3 is 0 Å². The van der Waals surface area contributed by atoms with Crippen molar-refractivity contribution in [3.05, 3.63) is 17.0 Å². The Morgan fingerprint density at radius 2 is 2.00 bits per heavy atom. The molecule has 5 nitrogen and oxygen atoms in total. The number of hydrogen-bond acceptors (Lipinski definition) is 5. The standard InChI is InChI=1S/C14H22N4O/c1-10(2)13-11-9-15-4-3-12(11)16-14(17-13)18-5-7-19-8-6-18/h10,15H,3-9H2,1-2H3. The number of nitrogens with one attached hydrogen (secondary N) is 1. The van der Waals surface area contributed by atoms with E-state index in [-0.39, 0.29) is 0 Å². The number of nitrogens with zero attached hydrogens (tertiary/aromatic N) is 3. The van der Waals surface area contributed by atoms with E-state index in [1.807, 2.05) is 0 Å². The smallest absolute Gasteiger partial charge is 0.225 e. The summed E-state index contributed by atoms with van der Waals surface area (Å²) in [5.41, 5.74) is 3.76. The van der Waals surface area contributed by atoms with Crippen LogP contribution < -0.4 is 10.2 Å². The third-order valence-electron chi connectivity index (χ3n) is 3.79. The van der Waals surface area contributed by atoms with E-state index in [9.17, 15) is 0 Å². The fraction of sp³-hybridized carbons (Fsp3) is 0.714. The molecule has 1 saturated heterocycles. The van der Waals surface area contributed by atoms with Gasteiger partial charge in [0.2, 0.25) is 5.95 Å². The molecule has 0 saturated carbocycles. The van der Waals surface area contributed by atoms with E-state index in [1.54, 1.807) is 0 Å². The Hall–Kier alpha value is -1.20. The molecule has 3 heterocycles. The van der Waals surface area contributed by atoms with E-state index in [0.717, 1.165) is 51.8 Å². The lowest BCUT2D eigenvalue weighted by Gasteiger charge is -2.29. The minimum absolute atomic E-state index is 0.441. The number of aromatic nitrogens is 2. The summed E-state index contributed by atoms with van der Waals surface area (Å²) in [5, 5.41) is 3.42. The highest BCUT2D eigenvalue weighted by molar-refractivity contribution is 5.39. The average Bonchev–Trinajstić information content (AvgIpc) is 2.47. The SMILES string of the molecule is CC(C)c1nc(N2CCOCC2)nc2c1CNCC2. The van der Waals surface area contributed by atoms with Crippen molar-refractivity contribution in [2.45, 2.75) is 32.7 Å². The minimum atomic E-state index is 0.441. The lowest BCUT2D eigenvalue weighted by molar-refractivity contribution is 0.122. The second-order valence-electron chi connectivity index (χ2n) is 5.51. The van der Waals surface area contributed by atoms with Gasteiger partial charge in [0.1, 0.15) is 0 Å². The first-order valence-electron chi connectivity index (χ1n) is 7.19. The van der Waals surface area contributed by atoms with Crippen molar-refractivity contribution < 1.29 is 4.74 Å². The normalized spacial score (nSPS) is 19.6. The molecular weight excluding hydrogens is 240 g/mol. The third-order valence-corrected chi connectivity index (χ3v) is 3.79. The molecule has 5 heteroatoms. The highest BCUT2D eigenvalue weighted by Crippen LogP contribution is 2.25. The van der Waals surface area contributed by atoms with Crippen LogP contribution in [0.3, 0.4) is 0 Å². The first kappa shape index (κ1) is 12.8. The average molecular weight is 262 g/mol. The Balaban J connectivity index is 1.98. The Kier molecular flexibility index (Phi) is 3.66. The van der Waals surface area contributed by atoms with Crippen molar-refractivity contribution in [2.75, 3.05) is 37.7 Å². The van der Waals surface area contributed by atoms with Gasteiger partial charge in [-0.3, -0.25) is 0 Å². The predicted octanol–water partition coefficient (Wildman–Crippen LogP) is 1.08. The van der Waals surface area contributed by atoms with E-state index in [1.165, 1.54) is 17.0 Å². The second kappa shape index (κ2) is 5.43. The molecule has 1 aromatic heterocycles. The van der Waals surface area contributed by atoms with Gasteiger partial charge < -0.3 is 15.0 Å². The van der Waals surface area contributed by atoms with Gasteiger partial charge in [-0.05, 0) is 5.92 Å². The molecule has 0 aromatic carbocycles. The third kappa shape index (κ3) is 2.58. The van der Waals surface area contributed by atoms with E-state index in [0.29, 0.717) is 5.92 Å². The topological polar surface area (TPSA) is 50.3 Å². The molecule has 1 N–H and O–H groups in total. The van der Waals surface area contributed by atoms with E-state index in [2.05, 4.69) is 24.1 Å². The molecule has 0 aliphatic carbocycles. The summed E-state index contributed by atoms with van der Waals surface area (Å²) in [6.45, 7) is 9.69. The summed E-state index contributed by atoms with van der Waals surface area (Å²) in [6.07, 6.45) is 1.01. The van der Waals surface area contributed by atoms with Gasteiger partial charge in [-0.25, -0.2) is 9.97 Å². The van der Waals surface area contributed by atoms with Gasteiger partial charge in [0, 0.05) is 38.2 Å². The molecule has 104 valence electrons. The lowest BCUT2D eigenvalue weighted by Crippen LogP contribution is -2.38. The summed E-state index contributed by atoms with van der Waals surface area (Å²) < 4.78 is 5.40. The van der Waals surface area contributed by atoms with Crippen molar-refractivity contribution in [1.29, 1.82) is 0 Å². The molecule has 0 spiro atoms. The van der Waals surface area contributed by atoms with Crippen molar-refractivity contribution in [1.82, 2.24) is 15.3 Å². The Labute approximate surface area is 114 Å². The van der Waals surface area contributed by atoms with Crippen molar-refractivity contribution in [3.8, 4) is 0 Å².